The van der Waals surface area contributed by atoms with E-state index in [1.54, 1.807) is 12.0 Å². The molecule has 1 aliphatic rings. The minimum Gasteiger partial charge on any atom is -0.495 e. The number of rotatable bonds is 4. The minimum absolute atomic E-state index is 0.0922. The average molecular weight is 396 g/mol. The lowest BCUT2D eigenvalue weighted by Gasteiger charge is -2.32. The smallest absolute Gasteiger partial charge is 0.417 e. The van der Waals surface area contributed by atoms with Gasteiger partial charge in [-0.2, -0.15) is 13.2 Å². The molecular weight excluding hydrogens is 377 g/mol. The number of thioether (sulfide) groups is 1. The first-order chi connectivity index (χ1) is 12.8. The van der Waals surface area contributed by atoms with Gasteiger partial charge in [0.15, 0.2) is 0 Å². The van der Waals surface area contributed by atoms with Gasteiger partial charge in [-0.15, -0.1) is 0 Å². The van der Waals surface area contributed by atoms with Gasteiger partial charge in [0.2, 0.25) is 5.91 Å². The SMILES string of the molecule is COc1ccc(C)c2c1N(C(=O)CSc1ccc(C(F)(F)F)cn1)CCC2. The summed E-state index contributed by atoms with van der Waals surface area (Å²) < 4.78 is 43.2. The first kappa shape index (κ1) is 19.5. The number of halogens is 3. The number of aryl methyl sites for hydroxylation is 1. The lowest BCUT2D eigenvalue weighted by atomic mass is 9.96. The maximum atomic E-state index is 12.8. The number of anilines is 1. The highest BCUT2D eigenvalue weighted by atomic mass is 32.2. The van der Waals surface area contributed by atoms with Crippen LogP contribution in [-0.2, 0) is 17.4 Å². The number of aromatic nitrogens is 1. The van der Waals surface area contributed by atoms with E-state index < -0.39 is 11.7 Å². The molecule has 0 aliphatic carbocycles. The zero-order valence-corrected chi connectivity index (χ0v) is 15.8. The predicted molar refractivity (Wildman–Crippen MR) is 98.4 cm³/mol. The molecule has 1 aromatic heterocycles. The number of hydrogen-bond acceptors (Lipinski definition) is 4. The topological polar surface area (TPSA) is 42.4 Å². The van der Waals surface area contributed by atoms with Gasteiger partial charge in [0, 0.05) is 12.7 Å². The Kier molecular flexibility index (Phi) is 5.64. The molecule has 0 saturated heterocycles. The van der Waals surface area contributed by atoms with E-state index in [1.165, 1.54) is 6.07 Å². The molecule has 4 nitrogen and oxygen atoms in total. The maximum absolute atomic E-state index is 12.8. The molecule has 0 radical (unpaired) electrons. The largest absolute Gasteiger partial charge is 0.495 e. The molecule has 2 aromatic rings. The second-order valence-corrected chi connectivity index (χ2v) is 7.23. The number of alkyl halides is 3. The first-order valence-corrected chi connectivity index (χ1v) is 9.42. The van der Waals surface area contributed by atoms with Gasteiger partial charge in [-0.3, -0.25) is 4.79 Å². The van der Waals surface area contributed by atoms with E-state index in [0.717, 1.165) is 53.7 Å². The highest BCUT2D eigenvalue weighted by Crippen LogP contribution is 2.38. The average Bonchev–Trinajstić information content (AvgIpc) is 2.66. The van der Waals surface area contributed by atoms with Gasteiger partial charge < -0.3 is 9.64 Å². The number of methoxy groups -OCH3 is 1. The van der Waals surface area contributed by atoms with Crippen molar-refractivity contribution in [1.29, 1.82) is 0 Å². The Balaban J connectivity index is 1.74. The molecular formula is C19H19F3N2O2S. The monoisotopic (exact) mass is 396 g/mol. The molecule has 27 heavy (non-hydrogen) atoms. The van der Waals surface area contributed by atoms with E-state index >= 15 is 0 Å². The van der Waals surface area contributed by atoms with Crippen LogP contribution in [0, 0.1) is 6.92 Å². The number of fused-ring (bicyclic) bond motifs is 1. The second kappa shape index (κ2) is 7.80. The van der Waals surface area contributed by atoms with Crippen molar-refractivity contribution in [2.24, 2.45) is 0 Å². The Morgan fingerprint density at radius 1 is 1.30 bits per heavy atom. The van der Waals surface area contributed by atoms with E-state index in [4.69, 9.17) is 4.74 Å². The predicted octanol–water partition coefficient (Wildman–Crippen LogP) is 4.49. The third kappa shape index (κ3) is 4.21. The highest BCUT2D eigenvalue weighted by Gasteiger charge is 2.31. The number of amides is 1. The summed E-state index contributed by atoms with van der Waals surface area (Å²) in [5.41, 5.74) is 2.21. The highest BCUT2D eigenvalue weighted by molar-refractivity contribution is 7.99. The Hall–Kier alpha value is -2.22. The van der Waals surface area contributed by atoms with Crippen LogP contribution in [0.15, 0.2) is 35.5 Å². The van der Waals surface area contributed by atoms with Gasteiger partial charge >= 0.3 is 6.18 Å². The zero-order valence-electron chi connectivity index (χ0n) is 15.0. The van der Waals surface area contributed by atoms with Crippen molar-refractivity contribution in [2.45, 2.75) is 31.0 Å². The Morgan fingerprint density at radius 2 is 2.07 bits per heavy atom. The van der Waals surface area contributed by atoms with Crippen molar-refractivity contribution in [1.82, 2.24) is 4.98 Å². The molecule has 0 bridgehead atoms. The lowest BCUT2D eigenvalue weighted by molar-refractivity contribution is -0.137. The molecule has 0 fully saturated rings. The zero-order chi connectivity index (χ0) is 19.6. The van der Waals surface area contributed by atoms with Crippen LogP contribution in [0.1, 0.15) is 23.1 Å². The van der Waals surface area contributed by atoms with Crippen LogP contribution in [-0.4, -0.2) is 30.3 Å². The summed E-state index contributed by atoms with van der Waals surface area (Å²) in [5.74, 6) is 0.627. The van der Waals surface area contributed by atoms with E-state index in [-0.39, 0.29) is 11.7 Å². The molecule has 0 atom stereocenters. The number of carbonyl (C=O) groups excluding carboxylic acids is 1. The van der Waals surface area contributed by atoms with Crippen molar-refractivity contribution >= 4 is 23.4 Å². The molecule has 1 amide bonds. The van der Waals surface area contributed by atoms with Gasteiger partial charge in [-0.1, -0.05) is 17.8 Å². The quantitative estimate of drug-likeness (QED) is 0.715. The molecule has 2 heterocycles. The molecule has 0 N–H and O–H groups in total. The Morgan fingerprint density at radius 3 is 2.70 bits per heavy atom. The minimum atomic E-state index is -4.42. The molecule has 8 heteroatoms. The maximum Gasteiger partial charge on any atom is 0.417 e. The fraction of sp³-hybridized carbons (Fsp3) is 0.368. The van der Waals surface area contributed by atoms with E-state index in [0.29, 0.717) is 17.3 Å². The molecule has 1 aromatic carbocycles. The van der Waals surface area contributed by atoms with E-state index in [1.807, 2.05) is 19.1 Å². The van der Waals surface area contributed by atoms with Crippen LogP contribution < -0.4 is 9.64 Å². The number of benzene rings is 1. The Bertz CT molecular complexity index is 838. The van der Waals surface area contributed by atoms with Crippen molar-refractivity contribution < 1.29 is 22.7 Å². The summed E-state index contributed by atoms with van der Waals surface area (Å²) in [6.45, 7) is 2.60. The van der Waals surface area contributed by atoms with Crippen LogP contribution >= 0.6 is 11.8 Å². The molecule has 1 aliphatic heterocycles. The van der Waals surface area contributed by atoms with Crippen LogP contribution in [0.25, 0.3) is 0 Å². The molecule has 0 spiro atoms. The van der Waals surface area contributed by atoms with Gasteiger partial charge in [-0.25, -0.2) is 4.98 Å². The third-order valence-corrected chi connectivity index (χ3v) is 5.42. The van der Waals surface area contributed by atoms with Crippen LogP contribution in [0.4, 0.5) is 18.9 Å². The first-order valence-electron chi connectivity index (χ1n) is 8.44. The summed E-state index contributed by atoms with van der Waals surface area (Å²) in [4.78, 5) is 18.3. The van der Waals surface area contributed by atoms with Crippen molar-refractivity contribution in [3.8, 4) is 5.75 Å². The molecule has 0 unspecified atom stereocenters. The Labute approximate surface area is 159 Å². The van der Waals surface area contributed by atoms with Crippen molar-refractivity contribution in [2.75, 3.05) is 24.3 Å². The standard InChI is InChI=1S/C19H19F3N2O2S/c1-12-5-7-15(26-2)18-14(12)4-3-9-24(18)17(25)11-27-16-8-6-13(10-23-16)19(20,21)22/h5-8,10H,3-4,9,11H2,1-2H3. The fourth-order valence-electron chi connectivity index (χ4n) is 3.11. The van der Waals surface area contributed by atoms with E-state index in [2.05, 4.69) is 4.98 Å². The van der Waals surface area contributed by atoms with Crippen LogP contribution in [0.3, 0.4) is 0 Å². The van der Waals surface area contributed by atoms with E-state index in [9.17, 15) is 18.0 Å². The summed E-state index contributed by atoms with van der Waals surface area (Å²) in [5, 5.41) is 0.379. The summed E-state index contributed by atoms with van der Waals surface area (Å²) in [7, 11) is 1.57. The number of hydrogen-bond donors (Lipinski definition) is 0. The van der Waals surface area contributed by atoms with Crippen LogP contribution in [0.5, 0.6) is 5.75 Å². The van der Waals surface area contributed by atoms with Gasteiger partial charge in [0.05, 0.1) is 29.1 Å². The number of pyridine rings is 1. The van der Waals surface area contributed by atoms with Gasteiger partial charge in [0.1, 0.15) is 5.75 Å². The molecule has 0 saturated carbocycles. The normalized spacial score (nSPS) is 14.0. The van der Waals surface area contributed by atoms with Gasteiger partial charge in [-0.05, 0) is 49.1 Å². The second-order valence-electron chi connectivity index (χ2n) is 6.23. The van der Waals surface area contributed by atoms with Crippen LogP contribution in [0.2, 0.25) is 0 Å². The lowest BCUT2D eigenvalue weighted by Crippen LogP contribution is -2.37. The molecule has 144 valence electrons. The van der Waals surface area contributed by atoms with Crippen molar-refractivity contribution in [3.63, 3.8) is 0 Å². The van der Waals surface area contributed by atoms with Gasteiger partial charge in [0.25, 0.3) is 0 Å². The summed E-state index contributed by atoms with van der Waals surface area (Å²) >= 11 is 1.12. The third-order valence-electron chi connectivity index (χ3n) is 4.49. The fourth-order valence-corrected chi connectivity index (χ4v) is 3.83. The summed E-state index contributed by atoms with van der Waals surface area (Å²) in [6.07, 6.45) is -1.89. The summed E-state index contributed by atoms with van der Waals surface area (Å²) in [6, 6.07) is 6.09. The molecule has 3 rings (SSSR count). The number of nitrogens with zero attached hydrogens (tertiary/aromatic N) is 2. The number of carbonyl (C=O) groups is 1. The van der Waals surface area contributed by atoms with Crippen molar-refractivity contribution in [3.05, 3.63) is 47.2 Å². The number of ether oxygens (including phenoxy) is 1.